The van der Waals surface area contributed by atoms with Gasteiger partial charge in [-0.15, -0.1) is 0 Å². The molecule has 0 saturated heterocycles. The Morgan fingerprint density at radius 3 is 2.52 bits per heavy atom. The van der Waals surface area contributed by atoms with Crippen LogP contribution in [0.1, 0.15) is 56.6 Å². The van der Waals surface area contributed by atoms with Crippen LogP contribution in [0.15, 0.2) is 28.1 Å². The van der Waals surface area contributed by atoms with Crippen molar-refractivity contribution in [3.63, 3.8) is 0 Å². The Bertz CT molecular complexity index is 815. The number of rotatable bonds is 8. The summed E-state index contributed by atoms with van der Waals surface area (Å²) in [6.07, 6.45) is 7.46. The molecule has 162 valence electrons. The molecule has 0 heterocycles. The van der Waals surface area contributed by atoms with Crippen molar-refractivity contribution in [1.82, 2.24) is 16.0 Å². The number of aryl methyl sites for hydroxylation is 1. The molecular formula is C21H34N4O3S. The van der Waals surface area contributed by atoms with E-state index in [0.717, 1.165) is 24.0 Å². The normalized spacial score (nSPS) is 15.8. The topological polar surface area (TPSA) is 99.7 Å². The van der Waals surface area contributed by atoms with Crippen LogP contribution < -0.4 is 16.0 Å². The summed E-state index contributed by atoms with van der Waals surface area (Å²) in [5.41, 5.74) is 1.65. The third-order valence-electron chi connectivity index (χ3n) is 5.02. The Hall–Kier alpha value is -2.09. The van der Waals surface area contributed by atoms with E-state index in [1.54, 1.807) is 19.1 Å². The van der Waals surface area contributed by atoms with Crippen LogP contribution in [0.25, 0.3) is 0 Å². The zero-order valence-electron chi connectivity index (χ0n) is 17.8. The summed E-state index contributed by atoms with van der Waals surface area (Å²) in [4.78, 5) is 17.0. The highest BCUT2D eigenvalue weighted by atomic mass is 32.2. The maximum absolute atomic E-state index is 12.1. The Balaban J connectivity index is 1.86. The number of amides is 1. The molecule has 0 spiro atoms. The van der Waals surface area contributed by atoms with Gasteiger partial charge in [0.05, 0.1) is 11.4 Å². The van der Waals surface area contributed by atoms with Crippen molar-refractivity contribution in [1.29, 1.82) is 0 Å². The van der Waals surface area contributed by atoms with Crippen LogP contribution in [0.2, 0.25) is 0 Å². The van der Waals surface area contributed by atoms with Crippen molar-refractivity contribution in [3.05, 3.63) is 29.3 Å². The third kappa shape index (κ3) is 8.04. The van der Waals surface area contributed by atoms with Gasteiger partial charge in [-0.3, -0.25) is 4.79 Å². The minimum Gasteiger partial charge on any atom is -0.357 e. The van der Waals surface area contributed by atoms with Gasteiger partial charge in [-0.25, -0.2) is 13.4 Å². The summed E-state index contributed by atoms with van der Waals surface area (Å²) in [7, 11) is -3.22. The fourth-order valence-corrected chi connectivity index (χ4v) is 4.54. The Labute approximate surface area is 174 Å². The molecule has 0 radical (unpaired) electrons. The van der Waals surface area contributed by atoms with Crippen LogP contribution in [-0.2, 0) is 21.2 Å². The van der Waals surface area contributed by atoms with E-state index in [-0.39, 0.29) is 5.91 Å². The Morgan fingerprint density at radius 1 is 1.17 bits per heavy atom. The van der Waals surface area contributed by atoms with E-state index in [0.29, 0.717) is 43.0 Å². The molecule has 29 heavy (non-hydrogen) atoms. The van der Waals surface area contributed by atoms with Crippen LogP contribution in [0.5, 0.6) is 0 Å². The molecule has 0 aliphatic heterocycles. The molecule has 1 fully saturated rings. The molecule has 1 aliphatic rings. The minimum atomic E-state index is -3.22. The van der Waals surface area contributed by atoms with Gasteiger partial charge in [0.1, 0.15) is 0 Å². The van der Waals surface area contributed by atoms with E-state index >= 15 is 0 Å². The molecular weight excluding hydrogens is 388 g/mol. The minimum absolute atomic E-state index is 0.0761. The molecule has 8 heteroatoms. The van der Waals surface area contributed by atoms with Crippen LogP contribution in [0.4, 0.5) is 0 Å². The lowest BCUT2D eigenvalue weighted by Gasteiger charge is -2.22. The van der Waals surface area contributed by atoms with E-state index in [2.05, 4.69) is 20.9 Å². The first-order valence-corrected chi connectivity index (χ1v) is 12.3. The van der Waals surface area contributed by atoms with Gasteiger partial charge in [0, 0.05) is 31.8 Å². The number of hydrogen-bond donors (Lipinski definition) is 3. The summed E-state index contributed by atoms with van der Waals surface area (Å²) >= 11 is 0. The van der Waals surface area contributed by atoms with Gasteiger partial charge in [0.25, 0.3) is 0 Å². The van der Waals surface area contributed by atoms with E-state index < -0.39 is 9.84 Å². The van der Waals surface area contributed by atoms with Crippen LogP contribution in [0.3, 0.4) is 0 Å². The highest BCUT2D eigenvalue weighted by Crippen LogP contribution is 2.18. The lowest BCUT2D eigenvalue weighted by molar-refractivity contribution is -0.121. The molecule has 1 aromatic rings. The first-order valence-electron chi connectivity index (χ1n) is 10.4. The number of aliphatic imine (C=N–C) groups is 1. The zero-order chi connectivity index (χ0) is 21.3. The molecule has 1 amide bonds. The lowest BCUT2D eigenvalue weighted by Crippen LogP contribution is -2.41. The smallest absolute Gasteiger partial charge is 0.221 e. The zero-order valence-corrected chi connectivity index (χ0v) is 18.6. The molecule has 0 unspecified atom stereocenters. The molecule has 1 aliphatic carbocycles. The van der Waals surface area contributed by atoms with Gasteiger partial charge >= 0.3 is 0 Å². The van der Waals surface area contributed by atoms with Crippen LogP contribution >= 0.6 is 0 Å². The van der Waals surface area contributed by atoms with Gasteiger partial charge in [0.15, 0.2) is 15.8 Å². The summed E-state index contributed by atoms with van der Waals surface area (Å²) < 4.78 is 23.5. The van der Waals surface area contributed by atoms with Crippen molar-refractivity contribution < 1.29 is 13.2 Å². The second-order valence-corrected chi connectivity index (χ2v) is 9.63. The molecule has 0 atom stereocenters. The summed E-state index contributed by atoms with van der Waals surface area (Å²) in [6, 6.07) is 5.59. The predicted octanol–water partition coefficient (Wildman–Crippen LogP) is 2.29. The highest BCUT2D eigenvalue weighted by molar-refractivity contribution is 7.90. The van der Waals surface area contributed by atoms with E-state index in [9.17, 15) is 13.2 Å². The van der Waals surface area contributed by atoms with Crippen LogP contribution in [0, 0.1) is 6.92 Å². The average molecular weight is 423 g/mol. The number of nitrogens with one attached hydrogen (secondary N) is 3. The van der Waals surface area contributed by atoms with Gasteiger partial charge < -0.3 is 16.0 Å². The SMILES string of the molecule is CCNC(=NCc1ccc(S(C)(=O)=O)c(C)c1)NCCC(=O)NC1CCCCC1. The van der Waals surface area contributed by atoms with Crippen molar-refractivity contribution in [2.45, 2.75) is 69.9 Å². The number of carbonyl (C=O) groups is 1. The standard InChI is InChI=1S/C21H34N4O3S/c1-4-22-21(23-13-12-20(26)25-18-8-6-5-7-9-18)24-15-17-10-11-19(16(2)14-17)29(3,27)28/h10-11,14,18H,4-9,12-13,15H2,1-3H3,(H,25,26)(H2,22,23,24). The van der Waals surface area contributed by atoms with E-state index in [4.69, 9.17) is 0 Å². The number of benzene rings is 1. The summed E-state index contributed by atoms with van der Waals surface area (Å²) in [5, 5.41) is 9.48. The number of nitrogens with zero attached hydrogens (tertiary/aromatic N) is 1. The van der Waals surface area contributed by atoms with Gasteiger partial charge in [-0.2, -0.15) is 0 Å². The molecule has 7 nitrogen and oxygen atoms in total. The maximum atomic E-state index is 12.1. The van der Waals surface area contributed by atoms with Crippen LogP contribution in [-0.4, -0.2) is 45.7 Å². The number of guanidine groups is 1. The molecule has 0 aromatic heterocycles. The average Bonchev–Trinajstić information content (AvgIpc) is 2.66. The quantitative estimate of drug-likeness (QED) is 0.441. The van der Waals surface area contributed by atoms with Crippen molar-refractivity contribution in [2.75, 3.05) is 19.3 Å². The van der Waals surface area contributed by atoms with Gasteiger partial charge in [-0.1, -0.05) is 31.4 Å². The fourth-order valence-electron chi connectivity index (χ4n) is 3.58. The summed E-state index contributed by atoms with van der Waals surface area (Å²) in [6.45, 7) is 5.42. The number of carbonyl (C=O) groups excluding carboxylic acids is 1. The largest absolute Gasteiger partial charge is 0.357 e. The van der Waals surface area contributed by atoms with Gasteiger partial charge in [-0.05, 0) is 43.9 Å². The second-order valence-electron chi connectivity index (χ2n) is 7.65. The van der Waals surface area contributed by atoms with Gasteiger partial charge in [0.2, 0.25) is 5.91 Å². The monoisotopic (exact) mass is 422 g/mol. The molecule has 1 aromatic carbocycles. The highest BCUT2D eigenvalue weighted by Gasteiger charge is 2.15. The number of sulfone groups is 1. The first kappa shape index (κ1) is 23.2. The van der Waals surface area contributed by atoms with E-state index in [1.165, 1.54) is 25.5 Å². The maximum Gasteiger partial charge on any atom is 0.221 e. The first-order chi connectivity index (χ1) is 13.8. The molecule has 0 bridgehead atoms. The molecule has 1 saturated carbocycles. The summed E-state index contributed by atoms with van der Waals surface area (Å²) in [5.74, 6) is 0.718. The Morgan fingerprint density at radius 2 is 1.90 bits per heavy atom. The van der Waals surface area contributed by atoms with Crippen molar-refractivity contribution >= 4 is 21.7 Å². The van der Waals surface area contributed by atoms with Crippen molar-refractivity contribution in [2.24, 2.45) is 4.99 Å². The Kier molecular flexibility index (Phi) is 8.95. The fraction of sp³-hybridized carbons (Fsp3) is 0.619. The van der Waals surface area contributed by atoms with E-state index in [1.807, 2.05) is 13.0 Å². The second kappa shape index (κ2) is 11.2. The predicted molar refractivity (Wildman–Crippen MR) is 117 cm³/mol. The lowest BCUT2D eigenvalue weighted by atomic mass is 9.95. The number of hydrogen-bond acceptors (Lipinski definition) is 4. The third-order valence-corrected chi connectivity index (χ3v) is 6.27. The van der Waals surface area contributed by atoms with Crippen molar-refractivity contribution in [3.8, 4) is 0 Å². The molecule has 2 rings (SSSR count). The molecule has 3 N–H and O–H groups in total.